The Hall–Kier alpha value is -2.51. The van der Waals surface area contributed by atoms with Gasteiger partial charge in [-0.3, -0.25) is 9.89 Å². The number of para-hydroxylation sites is 1. The number of carbonyl (C=O) groups is 1. The van der Waals surface area contributed by atoms with E-state index < -0.39 is 17.6 Å². The van der Waals surface area contributed by atoms with Gasteiger partial charge in [-0.2, -0.15) is 18.3 Å². The molecule has 0 atom stereocenters. The number of anilines is 2. The van der Waals surface area contributed by atoms with Gasteiger partial charge < -0.3 is 10.6 Å². The van der Waals surface area contributed by atoms with Crippen LogP contribution in [0, 0.1) is 6.92 Å². The normalized spacial score (nSPS) is 11.3. The average Bonchev–Trinajstić information content (AvgIpc) is 2.78. The minimum atomic E-state index is -4.50. The molecule has 0 aliphatic heterocycles. The summed E-state index contributed by atoms with van der Waals surface area (Å²) in [5.74, 6) is -0.392. The second-order valence-corrected chi connectivity index (χ2v) is 4.32. The van der Waals surface area contributed by atoms with E-state index in [1.807, 2.05) is 0 Å². The minimum absolute atomic E-state index is 0.0450. The molecule has 0 fully saturated rings. The molecule has 0 unspecified atom stereocenters. The molecule has 0 spiro atoms. The van der Waals surface area contributed by atoms with Crippen LogP contribution in [-0.4, -0.2) is 23.2 Å². The highest BCUT2D eigenvalue weighted by molar-refractivity contribution is 6.00. The summed E-state index contributed by atoms with van der Waals surface area (Å²) in [6, 6.07) is 5.00. The summed E-state index contributed by atoms with van der Waals surface area (Å²) in [7, 11) is 1.43. The Labute approximate surface area is 118 Å². The molecule has 21 heavy (non-hydrogen) atoms. The highest BCUT2D eigenvalue weighted by Crippen LogP contribution is 2.36. The summed E-state index contributed by atoms with van der Waals surface area (Å²) in [6.07, 6.45) is -4.50. The third-order valence-electron chi connectivity index (χ3n) is 2.89. The number of nitrogens with one attached hydrogen (secondary N) is 3. The first kappa shape index (κ1) is 14.9. The molecule has 0 aliphatic rings. The topological polar surface area (TPSA) is 69.8 Å². The van der Waals surface area contributed by atoms with Crippen LogP contribution in [0.2, 0.25) is 0 Å². The van der Waals surface area contributed by atoms with Crippen LogP contribution in [-0.2, 0) is 6.18 Å². The molecule has 8 heteroatoms. The van der Waals surface area contributed by atoms with E-state index in [2.05, 4.69) is 20.8 Å². The zero-order valence-corrected chi connectivity index (χ0v) is 11.3. The number of aromatic nitrogens is 2. The van der Waals surface area contributed by atoms with Crippen LogP contribution in [0.4, 0.5) is 24.7 Å². The number of carbonyl (C=O) groups excluding carboxylic acids is 1. The lowest BCUT2D eigenvalue weighted by Gasteiger charge is -2.13. The number of nitrogens with zero attached hydrogens (tertiary/aromatic N) is 1. The third-order valence-corrected chi connectivity index (χ3v) is 2.89. The fourth-order valence-electron chi connectivity index (χ4n) is 1.89. The van der Waals surface area contributed by atoms with E-state index in [1.54, 1.807) is 6.92 Å². The molecule has 0 saturated carbocycles. The lowest BCUT2D eigenvalue weighted by Crippen LogP contribution is -2.19. The smallest absolute Gasteiger partial charge is 0.355 e. The molecule has 0 saturated heterocycles. The second-order valence-electron chi connectivity index (χ2n) is 4.32. The summed E-state index contributed by atoms with van der Waals surface area (Å²) in [6.45, 7) is 1.61. The number of aryl methyl sites for hydroxylation is 1. The minimum Gasteiger partial charge on any atom is -0.355 e. The van der Waals surface area contributed by atoms with Crippen molar-refractivity contribution in [2.24, 2.45) is 0 Å². The van der Waals surface area contributed by atoms with Gasteiger partial charge in [-0.25, -0.2) is 0 Å². The van der Waals surface area contributed by atoms with Gasteiger partial charge in [0.2, 0.25) is 0 Å². The van der Waals surface area contributed by atoms with Crippen molar-refractivity contribution >= 4 is 17.4 Å². The summed E-state index contributed by atoms with van der Waals surface area (Å²) >= 11 is 0. The van der Waals surface area contributed by atoms with E-state index in [4.69, 9.17) is 0 Å². The van der Waals surface area contributed by atoms with Crippen molar-refractivity contribution in [3.05, 3.63) is 41.1 Å². The highest BCUT2D eigenvalue weighted by Gasteiger charge is 2.33. The Balaban J connectivity index is 2.43. The molecule has 112 valence electrons. The molecule has 3 N–H and O–H groups in total. The Morgan fingerprint density at radius 3 is 2.57 bits per heavy atom. The first-order chi connectivity index (χ1) is 9.84. The number of halogens is 3. The van der Waals surface area contributed by atoms with Crippen LogP contribution in [0.15, 0.2) is 24.3 Å². The molecule has 2 aromatic rings. The number of aromatic amines is 1. The molecule has 1 amide bonds. The van der Waals surface area contributed by atoms with E-state index in [0.717, 1.165) is 6.07 Å². The van der Waals surface area contributed by atoms with Crippen LogP contribution in [0.5, 0.6) is 0 Å². The SMILES string of the molecule is CNC(=O)c1c(Nc2ccccc2C(F)(F)F)n[nH]c1C. The number of benzene rings is 1. The quantitative estimate of drug-likeness (QED) is 0.816. The number of H-pyrrole nitrogens is 1. The van der Waals surface area contributed by atoms with Gasteiger partial charge in [-0.1, -0.05) is 12.1 Å². The standard InChI is InChI=1S/C13H13F3N4O/c1-7-10(12(21)17-2)11(20-19-7)18-9-6-4-3-5-8(9)13(14,15)16/h3-6H,1-2H3,(H,17,21)(H2,18,19,20). The van der Waals surface area contributed by atoms with Crippen LogP contribution < -0.4 is 10.6 Å². The molecular formula is C13H13F3N4O. The first-order valence-electron chi connectivity index (χ1n) is 6.05. The van der Waals surface area contributed by atoms with Gasteiger partial charge in [0.1, 0.15) is 5.56 Å². The van der Waals surface area contributed by atoms with Gasteiger partial charge in [0, 0.05) is 12.7 Å². The maximum atomic E-state index is 12.9. The number of hydrogen-bond acceptors (Lipinski definition) is 3. The third kappa shape index (κ3) is 2.99. The van der Waals surface area contributed by atoms with Gasteiger partial charge >= 0.3 is 6.18 Å². The van der Waals surface area contributed by atoms with E-state index in [-0.39, 0.29) is 17.1 Å². The zero-order chi connectivity index (χ0) is 15.6. The van der Waals surface area contributed by atoms with Crippen LogP contribution >= 0.6 is 0 Å². The highest BCUT2D eigenvalue weighted by atomic mass is 19.4. The molecule has 0 aliphatic carbocycles. The summed E-state index contributed by atoms with van der Waals surface area (Å²) in [4.78, 5) is 11.8. The number of rotatable bonds is 3. The largest absolute Gasteiger partial charge is 0.418 e. The second kappa shape index (κ2) is 5.47. The molecule has 5 nitrogen and oxygen atoms in total. The predicted molar refractivity (Wildman–Crippen MR) is 71.4 cm³/mol. The number of amides is 1. The van der Waals surface area contributed by atoms with Gasteiger partial charge in [-0.05, 0) is 19.1 Å². The van der Waals surface area contributed by atoms with Gasteiger partial charge in [0.15, 0.2) is 5.82 Å². The Morgan fingerprint density at radius 1 is 1.29 bits per heavy atom. The van der Waals surface area contributed by atoms with Crippen molar-refractivity contribution in [3.63, 3.8) is 0 Å². The molecule has 1 heterocycles. The molecule has 2 rings (SSSR count). The van der Waals surface area contributed by atoms with E-state index in [0.29, 0.717) is 5.69 Å². The average molecular weight is 298 g/mol. The van der Waals surface area contributed by atoms with Gasteiger partial charge in [0.25, 0.3) is 5.91 Å². The first-order valence-corrected chi connectivity index (χ1v) is 6.05. The molecule has 1 aromatic carbocycles. The Morgan fingerprint density at radius 2 is 1.95 bits per heavy atom. The summed E-state index contributed by atoms with van der Waals surface area (Å²) in [5.41, 5.74) is -0.356. The summed E-state index contributed by atoms with van der Waals surface area (Å²) in [5, 5.41) is 11.4. The van der Waals surface area contributed by atoms with Crippen molar-refractivity contribution in [3.8, 4) is 0 Å². The fraction of sp³-hybridized carbons (Fsp3) is 0.231. The zero-order valence-electron chi connectivity index (χ0n) is 11.3. The fourth-order valence-corrected chi connectivity index (χ4v) is 1.89. The van der Waals surface area contributed by atoms with Crippen molar-refractivity contribution in [2.45, 2.75) is 13.1 Å². The van der Waals surface area contributed by atoms with E-state index >= 15 is 0 Å². The van der Waals surface area contributed by atoms with Gasteiger partial charge in [0.05, 0.1) is 11.3 Å². The van der Waals surface area contributed by atoms with Gasteiger partial charge in [-0.15, -0.1) is 0 Å². The Bertz CT molecular complexity index is 664. The molecule has 1 aromatic heterocycles. The maximum Gasteiger partial charge on any atom is 0.418 e. The van der Waals surface area contributed by atoms with E-state index in [1.165, 1.54) is 25.2 Å². The lowest BCUT2D eigenvalue weighted by atomic mass is 10.1. The predicted octanol–water partition coefficient (Wildman–Crippen LogP) is 2.84. The molecule has 0 bridgehead atoms. The van der Waals surface area contributed by atoms with Crippen molar-refractivity contribution in [1.29, 1.82) is 0 Å². The van der Waals surface area contributed by atoms with E-state index in [9.17, 15) is 18.0 Å². The van der Waals surface area contributed by atoms with Crippen LogP contribution in [0.1, 0.15) is 21.6 Å². The molecule has 0 radical (unpaired) electrons. The van der Waals surface area contributed by atoms with Crippen molar-refractivity contribution < 1.29 is 18.0 Å². The van der Waals surface area contributed by atoms with Crippen molar-refractivity contribution in [2.75, 3.05) is 12.4 Å². The van der Waals surface area contributed by atoms with Crippen LogP contribution in [0.25, 0.3) is 0 Å². The summed E-state index contributed by atoms with van der Waals surface area (Å²) < 4.78 is 38.8. The monoisotopic (exact) mass is 298 g/mol. The Kier molecular flexibility index (Phi) is 3.88. The number of alkyl halides is 3. The maximum absolute atomic E-state index is 12.9. The lowest BCUT2D eigenvalue weighted by molar-refractivity contribution is -0.136. The molecular weight excluding hydrogens is 285 g/mol. The van der Waals surface area contributed by atoms with Crippen LogP contribution in [0.3, 0.4) is 0 Å². The van der Waals surface area contributed by atoms with Crippen molar-refractivity contribution in [1.82, 2.24) is 15.5 Å². The number of hydrogen-bond donors (Lipinski definition) is 3.